The number of halogens is 3. The van der Waals surface area contributed by atoms with Crippen LogP contribution in [0.4, 0.5) is 13.2 Å². The van der Waals surface area contributed by atoms with Gasteiger partial charge in [0.2, 0.25) is 0 Å². The Labute approximate surface area is 179 Å². The van der Waals surface area contributed by atoms with Gasteiger partial charge in [-0.3, -0.25) is 0 Å². The van der Waals surface area contributed by atoms with Crippen molar-refractivity contribution in [2.75, 3.05) is 0 Å². The summed E-state index contributed by atoms with van der Waals surface area (Å²) in [5.41, 5.74) is 2.22. The molecule has 1 aliphatic rings. The fourth-order valence-corrected chi connectivity index (χ4v) is 4.73. The Hall–Kier alpha value is -1.77. The lowest BCUT2D eigenvalue weighted by atomic mass is 9.77. The summed E-state index contributed by atoms with van der Waals surface area (Å²) in [7, 11) is 0. The predicted molar refractivity (Wildman–Crippen MR) is 119 cm³/mol. The molecule has 1 fully saturated rings. The lowest BCUT2D eigenvalue weighted by Crippen LogP contribution is -2.13. The first-order valence-corrected chi connectivity index (χ1v) is 11.7. The van der Waals surface area contributed by atoms with Crippen molar-refractivity contribution < 1.29 is 13.2 Å². The van der Waals surface area contributed by atoms with E-state index in [9.17, 15) is 13.2 Å². The zero-order valence-corrected chi connectivity index (χ0v) is 18.4. The Morgan fingerprint density at radius 3 is 2.13 bits per heavy atom. The zero-order chi connectivity index (χ0) is 21.6. The molecule has 0 radical (unpaired) electrons. The van der Waals surface area contributed by atoms with E-state index in [1.54, 1.807) is 18.2 Å². The molecule has 0 atom stereocenters. The van der Waals surface area contributed by atoms with Crippen molar-refractivity contribution in [1.29, 1.82) is 0 Å². The summed E-state index contributed by atoms with van der Waals surface area (Å²) < 4.78 is 43.4. The van der Waals surface area contributed by atoms with E-state index in [1.165, 1.54) is 44.2 Å². The Morgan fingerprint density at radius 2 is 1.53 bits per heavy atom. The molecule has 164 valence electrons. The minimum absolute atomic E-state index is 0.0107. The SMILES string of the molecule is CCCCC1CCC(c2ccc(-c3ccc(C(F)(F)CCCC)cc3)c(F)c2)CC1. The van der Waals surface area contributed by atoms with Crippen molar-refractivity contribution in [2.24, 2.45) is 5.92 Å². The maximum absolute atomic E-state index is 14.9. The molecule has 3 rings (SSSR count). The van der Waals surface area contributed by atoms with Gasteiger partial charge in [-0.05, 0) is 61.1 Å². The van der Waals surface area contributed by atoms with Crippen molar-refractivity contribution in [3.8, 4) is 11.1 Å². The maximum Gasteiger partial charge on any atom is 0.273 e. The highest BCUT2D eigenvalue weighted by molar-refractivity contribution is 5.65. The van der Waals surface area contributed by atoms with Crippen molar-refractivity contribution in [1.82, 2.24) is 0 Å². The van der Waals surface area contributed by atoms with E-state index < -0.39 is 5.92 Å². The third kappa shape index (κ3) is 5.68. The van der Waals surface area contributed by atoms with Gasteiger partial charge in [-0.15, -0.1) is 0 Å². The van der Waals surface area contributed by atoms with Crippen molar-refractivity contribution in [3.63, 3.8) is 0 Å². The number of benzene rings is 2. The van der Waals surface area contributed by atoms with E-state index in [0.29, 0.717) is 23.5 Å². The number of hydrogen-bond acceptors (Lipinski definition) is 0. The van der Waals surface area contributed by atoms with Gasteiger partial charge in [-0.25, -0.2) is 13.2 Å². The molecule has 0 heterocycles. The van der Waals surface area contributed by atoms with Gasteiger partial charge in [-0.1, -0.05) is 75.9 Å². The largest absolute Gasteiger partial charge is 0.273 e. The highest BCUT2D eigenvalue weighted by atomic mass is 19.3. The second-order valence-electron chi connectivity index (χ2n) is 8.98. The van der Waals surface area contributed by atoms with Crippen LogP contribution in [0.15, 0.2) is 42.5 Å². The summed E-state index contributed by atoms with van der Waals surface area (Å²) in [6, 6.07) is 11.6. The Bertz CT molecular complexity index is 786. The topological polar surface area (TPSA) is 0 Å². The molecule has 0 N–H and O–H groups in total. The molecule has 0 bridgehead atoms. The third-order valence-electron chi connectivity index (χ3n) is 6.74. The van der Waals surface area contributed by atoms with E-state index in [0.717, 1.165) is 30.7 Å². The Morgan fingerprint density at radius 1 is 0.867 bits per heavy atom. The minimum atomic E-state index is -2.83. The molecule has 1 saturated carbocycles. The Balaban J connectivity index is 1.67. The Kier molecular flexibility index (Phi) is 8.02. The lowest BCUT2D eigenvalue weighted by molar-refractivity contribution is -0.0154. The molecular weight excluding hydrogens is 381 g/mol. The van der Waals surface area contributed by atoms with Crippen LogP contribution < -0.4 is 0 Å². The molecule has 0 nitrogen and oxygen atoms in total. The maximum atomic E-state index is 14.9. The summed E-state index contributed by atoms with van der Waals surface area (Å²) in [6.07, 6.45) is 9.71. The van der Waals surface area contributed by atoms with Crippen molar-refractivity contribution >= 4 is 0 Å². The van der Waals surface area contributed by atoms with Gasteiger partial charge in [0.25, 0.3) is 5.92 Å². The minimum Gasteiger partial charge on any atom is -0.206 e. The van der Waals surface area contributed by atoms with Crippen LogP contribution in [0.2, 0.25) is 0 Å². The summed E-state index contributed by atoms with van der Waals surface area (Å²) in [5, 5.41) is 0. The van der Waals surface area contributed by atoms with Gasteiger partial charge in [0.1, 0.15) is 5.82 Å². The second-order valence-corrected chi connectivity index (χ2v) is 8.98. The normalized spacial score (nSPS) is 19.8. The summed E-state index contributed by atoms with van der Waals surface area (Å²) in [5.74, 6) is -1.82. The van der Waals surface area contributed by atoms with Crippen LogP contribution in [0.25, 0.3) is 11.1 Å². The molecule has 0 aromatic heterocycles. The van der Waals surface area contributed by atoms with Crippen LogP contribution >= 0.6 is 0 Å². The average Bonchev–Trinajstić information content (AvgIpc) is 2.77. The molecule has 0 amide bonds. The quantitative estimate of drug-likeness (QED) is 0.382. The number of unbranched alkanes of at least 4 members (excludes halogenated alkanes) is 2. The highest BCUT2D eigenvalue weighted by Crippen LogP contribution is 2.39. The third-order valence-corrected chi connectivity index (χ3v) is 6.74. The van der Waals surface area contributed by atoms with Crippen LogP contribution in [0.5, 0.6) is 0 Å². The van der Waals surface area contributed by atoms with Gasteiger partial charge < -0.3 is 0 Å². The summed E-state index contributed by atoms with van der Waals surface area (Å²) >= 11 is 0. The lowest BCUT2D eigenvalue weighted by Gasteiger charge is -2.29. The highest BCUT2D eigenvalue weighted by Gasteiger charge is 2.30. The standard InChI is InChI=1S/C27H35F3/c1-3-5-7-20-8-10-21(11-9-20)23-14-17-25(26(28)19-23)22-12-15-24(16-13-22)27(29,30)18-6-4-2/h12-17,19-21H,3-11,18H2,1-2H3. The van der Waals surface area contributed by atoms with Gasteiger partial charge >= 0.3 is 0 Å². The van der Waals surface area contributed by atoms with Crippen LogP contribution in [0.3, 0.4) is 0 Å². The van der Waals surface area contributed by atoms with E-state index >= 15 is 0 Å². The first kappa shape index (κ1) is 22.9. The second kappa shape index (κ2) is 10.5. The van der Waals surface area contributed by atoms with Crippen LogP contribution in [0, 0.1) is 11.7 Å². The molecule has 0 unspecified atom stereocenters. The van der Waals surface area contributed by atoms with Crippen LogP contribution in [-0.4, -0.2) is 0 Å². The summed E-state index contributed by atoms with van der Waals surface area (Å²) in [4.78, 5) is 0. The molecule has 2 aromatic carbocycles. The first-order chi connectivity index (χ1) is 14.4. The van der Waals surface area contributed by atoms with Crippen molar-refractivity contribution in [2.45, 2.75) is 89.9 Å². The molecule has 1 aliphatic carbocycles. The zero-order valence-electron chi connectivity index (χ0n) is 18.4. The van der Waals surface area contributed by atoms with Crippen LogP contribution in [-0.2, 0) is 5.92 Å². The summed E-state index contributed by atoms with van der Waals surface area (Å²) in [6.45, 7) is 4.14. The molecule has 0 saturated heterocycles. The van der Waals surface area contributed by atoms with Gasteiger partial charge in [-0.2, -0.15) is 0 Å². The molecule has 2 aromatic rings. The predicted octanol–water partition coefficient (Wildman–Crippen LogP) is 9.24. The average molecular weight is 417 g/mol. The number of hydrogen-bond donors (Lipinski definition) is 0. The van der Waals surface area contributed by atoms with Gasteiger partial charge in [0.05, 0.1) is 0 Å². The molecule has 30 heavy (non-hydrogen) atoms. The smallest absolute Gasteiger partial charge is 0.206 e. The van der Waals surface area contributed by atoms with Gasteiger partial charge in [0, 0.05) is 17.5 Å². The molecule has 0 spiro atoms. The fourth-order valence-electron chi connectivity index (χ4n) is 4.73. The molecule has 3 heteroatoms. The molecular formula is C27H35F3. The van der Waals surface area contributed by atoms with E-state index in [2.05, 4.69) is 6.92 Å². The van der Waals surface area contributed by atoms with E-state index in [-0.39, 0.29) is 17.8 Å². The van der Waals surface area contributed by atoms with Gasteiger partial charge in [0.15, 0.2) is 0 Å². The number of rotatable bonds is 9. The first-order valence-electron chi connectivity index (χ1n) is 11.7. The number of alkyl halides is 2. The van der Waals surface area contributed by atoms with E-state index in [1.807, 2.05) is 19.1 Å². The van der Waals surface area contributed by atoms with Crippen LogP contribution in [0.1, 0.15) is 95.1 Å². The molecule has 0 aliphatic heterocycles. The monoisotopic (exact) mass is 416 g/mol. The van der Waals surface area contributed by atoms with E-state index in [4.69, 9.17) is 0 Å². The fraction of sp³-hybridized carbons (Fsp3) is 0.556. The van der Waals surface area contributed by atoms with Crippen molar-refractivity contribution in [3.05, 3.63) is 59.4 Å².